The fraction of sp³-hybridized carbons (Fsp3) is 0.267. The van der Waals surface area contributed by atoms with E-state index in [-0.39, 0.29) is 33.8 Å². The van der Waals surface area contributed by atoms with E-state index in [4.69, 9.17) is 9.47 Å². The number of halogens is 4. The second kappa shape index (κ2) is 7.70. The molecule has 1 aromatic heterocycles. The van der Waals surface area contributed by atoms with Crippen LogP contribution < -0.4 is 9.47 Å². The third-order valence-electron chi connectivity index (χ3n) is 3.17. The lowest BCUT2D eigenvalue weighted by molar-refractivity contribution is -0.0472. The first-order chi connectivity index (χ1) is 12.1. The van der Waals surface area contributed by atoms with Crippen LogP contribution in [0.3, 0.4) is 0 Å². The lowest BCUT2D eigenvalue weighted by Gasteiger charge is -2.22. The minimum absolute atomic E-state index is 0.0690. The van der Waals surface area contributed by atoms with Gasteiger partial charge in [0.1, 0.15) is 6.29 Å². The number of aromatic nitrogens is 1. The summed E-state index contributed by atoms with van der Waals surface area (Å²) in [6, 6.07) is 5.01. The number of H-pyrrole nitrogens is 1. The zero-order valence-electron chi connectivity index (χ0n) is 13.2. The second-order valence-electron chi connectivity index (χ2n) is 4.95. The molecule has 2 aromatic rings. The average Bonchev–Trinajstić information content (AvgIpc) is 3.06. The van der Waals surface area contributed by atoms with Crippen LogP contribution in [0.15, 0.2) is 34.9 Å². The number of nitrogens with one attached hydrogen (secondary N) is 1. The highest BCUT2D eigenvalue weighted by Gasteiger charge is 2.53. The van der Waals surface area contributed by atoms with Gasteiger partial charge in [0.05, 0.1) is 16.8 Å². The van der Waals surface area contributed by atoms with Gasteiger partial charge >= 0.3 is 5.51 Å². The number of carbonyl (C=O) groups excluding carboxylic acids is 1. The summed E-state index contributed by atoms with van der Waals surface area (Å²) in [6.07, 6.45) is 1.78. The van der Waals surface area contributed by atoms with Crippen LogP contribution in [0.4, 0.5) is 13.2 Å². The van der Waals surface area contributed by atoms with E-state index in [1.165, 1.54) is 24.4 Å². The number of hydrogen-bond acceptors (Lipinski definition) is 5. The number of alkyl halides is 3. The van der Waals surface area contributed by atoms with Crippen molar-refractivity contribution >= 4 is 32.1 Å². The first kappa shape index (κ1) is 20.3. The monoisotopic (exact) mass is 455 g/mol. The molecule has 1 aromatic carbocycles. The van der Waals surface area contributed by atoms with E-state index in [1.807, 2.05) is 0 Å². The van der Waals surface area contributed by atoms with Crippen molar-refractivity contribution in [1.29, 1.82) is 0 Å². The molecule has 11 heteroatoms. The maximum absolute atomic E-state index is 13.1. The number of hydrogen-bond donors (Lipinski definition) is 1. The second-order valence-corrected chi connectivity index (χ2v) is 7.78. The van der Waals surface area contributed by atoms with Crippen LogP contribution in [-0.2, 0) is 9.84 Å². The van der Waals surface area contributed by atoms with Crippen LogP contribution in [0, 0.1) is 0 Å². The van der Waals surface area contributed by atoms with Gasteiger partial charge in [0.2, 0.25) is 5.44 Å². The largest absolute Gasteiger partial charge is 0.501 e. The van der Waals surface area contributed by atoms with Crippen LogP contribution in [0.25, 0.3) is 0 Å². The molecule has 1 N–H and O–H groups in total. The molecule has 1 unspecified atom stereocenters. The molecule has 142 valence electrons. The molecule has 0 amide bonds. The van der Waals surface area contributed by atoms with Crippen LogP contribution in [-0.4, -0.2) is 31.8 Å². The van der Waals surface area contributed by atoms with Crippen molar-refractivity contribution in [3.05, 3.63) is 46.2 Å². The van der Waals surface area contributed by atoms with Crippen LogP contribution in [0.1, 0.15) is 28.4 Å². The molecule has 0 aliphatic carbocycles. The Morgan fingerprint density at radius 3 is 2.54 bits per heavy atom. The summed E-state index contributed by atoms with van der Waals surface area (Å²) in [5.41, 5.74) is -8.06. The van der Waals surface area contributed by atoms with Crippen LogP contribution in [0.5, 0.6) is 11.5 Å². The summed E-state index contributed by atoms with van der Waals surface area (Å²) < 4.78 is 73.8. The summed E-state index contributed by atoms with van der Waals surface area (Å²) in [7, 11) is -5.72. The fourth-order valence-corrected chi connectivity index (χ4v) is 3.55. The molecule has 0 radical (unpaired) electrons. The molecule has 1 atom stereocenters. The number of aromatic amines is 1. The maximum Gasteiger partial charge on any atom is 0.501 e. The number of benzene rings is 1. The van der Waals surface area contributed by atoms with Crippen molar-refractivity contribution in [2.75, 3.05) is 6.61 Å². The van der Waals surface area contributed by atoms with Crippen molar-refractivity contribution < 1.29 is 35.9 Å². The lowest BCUT2D eigenvalue weighted by Crippen LogP contribution is -2.32. The topological polar surface area (TPSA) is 85.5 Å². The molecule has 0 spiro atoms. The first-order valence-corrected chi connectivity index (χ1v) is 9.47. The number of rotatable bonds is 7. The van der Waals surface area contributed by atoms with Gasteiger partial charge in [-0.25, -0.2) is 8.42 Å². The minimum atomic E-state index is -5.72. The summed E-state index contributed by atoms with van der Waals surface area (Å²) in [5, 5.41) is 0. The van der Waals surface area contributed by atoms with Gasteiger partial charge in [-0.15, -0.1) is 0 Å². The molecule has 0 fully saturated rings. The van der Waals surface area contributed by atoms with Gasteiger partial charge in [0.25, 0.3) is 9.84 Å². The normalized spacial score (nSPS) is 13.3. The molecule has 0 saturated carbocycles. The number of sulfone groups is 1. The number of ether oxygens (including phenoxy) is 2. The summed E-state index contributed by atoms with van der Waals surface area (Å²) in [6.45, 7) is 1.73. The molecule has 0 saturated heterocycles. The van der Waals surface area contributed by atoms with Crippen molar-refractivity contribution in [3.8, 4) is 11.5 Å². The number of aldehydes is 1. The van der Waals surface area contributed by atoms with Gasteiger partial charge in [0.15, 0.2) is 11.5 Å². The number of carbonyl (C=O) groups is 1. The standard InChI is InChI=1S/C15H13BrF3NO5S/c1-2-24-12-7-9(8-21)6-10(16)13(12)25-14(11-4-3-5-20-11)26(22,23)15(17,18)19/h3-8,14,20H,2H2,1H3. The maximum atomic E-state index is 13.1. The predicted octanol–water partition coefficient (Wildman–Crippen LogP) is 4.00. The quantitative estimate of drug-likeness (QED) is 0.637. The molecule has 0 aliphatic rings. The molecular weight excluding hydrogens is 443 g/mol. The zero-order valence-corrected chi connectivity index (χ0v) is 15.6. The molecular formula is C15H13BrF3NO5S. The van der Waals surface area contributed by atoms with E-state index in [1.54, 1.807) is 6.92 Å². The van der Waals surface area contributed by atoms with Crippen molar-refractivity contribution in [1.82, 2.24) is 4.98 Å². The van der Waals surface area contributed by atoms with Gasteiger partial charge in [-0.3, -0.25) is 4.79 Å². The van der Waals surface area contributed by atoms with Gasteiger partial charge in [-0.1, -0.05) is 0 Å². The lowest BCUT2D eigenvalue weighted by atomic mass is 10.2. The Bertz CT molecular complexity index is 881. The molecule has 0 bridgehead atoms. The van der Waals surface area contributed by atoms with Crippen molar-refractivity contribution in [3.63, 3.8) is 0 Å². The molecule has 1 heterocycles. The Morgan fingerprint density at radius 1 is 1.35 bits per heavy atom. The van der Waals surface area contributed by atoms with E-state index in [9.17, 15) is 26.4 Å². The van der Waals surface area contributed by atoms with E-state index in [2.05, 4.69) is 20.9 Å². The molecule has 26 heavy (non-hydrogen) atoms. The molecule has 2 rings (SSSR count). The van der Waals surface area contributed by atoms with Gasteiger partial charge < -0.3 is 14.5 Å². The average molecular weight is 456 g/mol. The van der Waals surface area contributed by atoms with Crippen molar-refractivity contribution in [2.45, 2.75) is 17.9 Å². The highest BCUT2D eigenvalue weighted by atomic mass is 79.9. The smallest absolute Gasteiger partial charge is 0.490 e. The van der Waals surface area contributed by atoms with Crippen LogP contribution in [0.2, 0.25) is 0 Å². The first-order valence-electron chi connectivity index (χ1n) is 7.13. The van der Waals surface area contributed by atoms with Gasteiger partial charge in [-0.2, -0.15) is 13.2 Å². The predicted molar refractivity (Wildman–Crippen MR) is 89.8 cm³/mol. The summed E-state index contributed by atoms with van der Waals surface area (Å²) >= 11 is 3.07. The summed E-state index contributed by atoms with van der Waals surface area (Å²) in [4.78, 5) is 13.4. The summed E-state index contributed by atoms with van der Waals surface area (Å²) in [5.74, 6) is -0.345. The van der Waals surface area contributed by atoms with Crippen LogP contribution >= 0.6 is 15.9 Å². The Balaban J connectivity index is 2.59. The Kier molecular flexibility index (Phi) is 6.02. The fourth-order valence-electron chi connectivity index (χ4n) is 2.05. The van der Waals surface area contributed by atoms with Gasteiger partial charge in [0, 0.05) is 11.8 Å². The van der Waals surface area contributed by atoms with Crippen molar-refractivity contribution in [2.24, 2.45) is 0 Å². The third-order valence-corrected chi connectivity index (χ3v) is 5.32. The highest BCUT2D eigenvalue weighted by Crippen LogP contribution is 2.43. The van der Waals surface area contributed by atoms with Gasteiger partial charge in [-0.05, 0) is 47.1 Å². The van der Waals surface area contributed by atoms with E-state index in [0.717, 1.165) is 6.07 Å². The van der Waals surface area contributed by atoms with E-state index in [0.29, 0.717) is 6.29 Å². The SMILES string of the molecule is CCOc1cc(C=O)cc(Br)c1OC(c1ccc[nH]1)S(=O)(=O)C(F)(F)F. The minimum Gasteiger partial charge on any atom is -0.490 e. The zero-order chi connectivity index (χ0) is 19.5. The molecule has 0 aliphatic heterocycles. The Hall–Kier alpha value is -2.01. The van der Waals surface area contributed by atoms with E-state index >= 15 is 0 Å². The highest BCUT2D eigenvalue weighted by molar-refractivity contribution is 9.10. The Morgan fingerprint density at radius 2 is 2.04 bits per heavy atom. The Labute approximate surface area is 155 Å². The third kappa shape index (κ3) is 4.04. The molecule has 6 nitrogen and oxygen atoms in total. The van der Waals surface area contributed by atoms with E-state index < -0.39 is 20.8 Å².